The number of ether oxygens (including phenoxy) is 1. The maximum atomic E-state index is 12.5. The summed E-state index contributed by atoms with van der Waals surface area (Å²) in [6.07, 6.45) is 0. The van der Waals surface area contributed by atoms with E-state index in [2.05, 4.69) is 10.1 Å². The van der Waals surface area contributed by atoms with E-state index in [1.807, 2.05) is 18.2 Å². The van der Waals surface area contributed by atoms with Gasteiger partial charge in [-0.15, -0.1) is 11.8 Å². The molecule has 146 valence electrons. The van der Waals surface area contributed by atoms with E-state index in [0.29, 0.717) is 5.75 Å². The second-order valence-electron chi connectivity index (χ2n) is 5.39. The van der Waals surface area contributed by atoms with Crippen LogP contribution in [0.2, 0.25) is 0 Å². The Morgan fingerprint density at radius 1 is 1.11 bits per heavy atom. The Morgan fingerprint density at radius 2 is 1.79 bits per heavy atom. The van der Waals surface area contributed by atoms with Crippen LogP contribution in [0.4, 0.5) is 11.4 Å². The van der Waals surface area contributed by atoms with Crippen molar-refractivity contribution in [1.29, 1.82) is 0 Å². The molecule has 0 aliphatic carbocycles. The van der Waals surface area contributed by atoms with E-state index in [9.17, 15) is 29.8 Å². The van der Waals surface area contributed by atoms with Crippen molar-refractivity contribution in [3.8, 4) is 0 Å². The molecule has 0 saturated carbocycles. The van der Waals surface area contributed by atoms with Gasteiger partial charge >= 0.3 is 5.97 Å². The van der Waals surface area contributed by atoms with E-state index in [1.54, 1.807) is 12.1 Å². The topological polar surface area (TPSA) is 142 Å². The number of amides is 1. The summed E-state index contributed by atoms with van der Waals surface area (Å²) in [5.41, 5.74) is -0.707. The third-order valence-electron chi connectivity index (χ3n) is 3.56. The van der Waals surface area contributed by atoms with Crippen LogP contribution < -0.4 is 5.32 Å². The fraction of sp³-hybridized carbons (Fsp3) is 0.176. The molecule has 1 amide bonds. The van der Waals surface area contributed by atoms with Gasteiger partial charge in [0.15, 0.2) is 0 Å². The molecule has 0 aliphatic heterocycles. The van der Waals surface area contributed by atoms with Crippen molar-refractivity contribution in [2.45, 2.75) is 10.6 Å². The quantitative estimate of drug-likeness (QED) is 0.306. The average Bonchev–Trinajstić information content (AvgIpc) is 2.69. The lowest BCUT2D eigenvalue weighted by atomic mass is 10.1. The molecule has 0 bridgehead atoms. The number of nitrogens with one attached hydrogen (secondary N) is 1. The van der Waals surface area contributed by atoms with Gasteiger partial charge in [-0.3, -0.25) is 29.8 Å². The first-order valence-corrected chi connectivity index (χ1v) is 8.80. The summed E-state index contributed by atoms with van der Waals surface area (Å²) in [7, 11) is 1.13. The maximum absolute atomic E-state index is 12.5. The van der Waals surface area contributed by atoms with E-state index < -0.39 is 39.6 Å². The normalized spacial score (nSPS) is 10.2. The number of nitro groups is 2. The predicted molar refractivity (Wildman–Crippen MR) is 100 cm³/mol. The van der Waals surface area contributed by atoms with Gasteiger partial charge in [-0.25, -0.2) is 0 Å². The molecule has 28 heavy (non-hydrogen) atoms. The molecule has 0 aromatic heterocycles. The summed E-state index contributed by atoms with van der Waals surface area (Å²) in [5, 5.41) is 24.8. The number of rotatable bonds is 8. The smallest absolute Gasteiger partial charge is 0.325 e. The number of benzene rings is 2. The third-order valence-corrected chi connectivity index (χ3v) is 4.67. The zero-order valence-electron chi connectivity index (χ0n) is 14.6. The largest absolute Gasteiger partial charge is 0.468 e. The molecule has 0 saturated heterocycles. The standard InChI is InChI=1S/C17H15N3O7S/c1-27-15(21)9-18-17(22)16-13(20(25)26)7-12(19(23)24)8-14(16)28-10-11-5-3-2-4-6-11/h2-8H,9-10H2,1H3,(H,18,22). The average molecular weight is 405 g/mol. The first kappa shape index (κ1) is 20.8. The number of non-ortho nitro benzene ring substituents is 1. The minimum atomic E-state index is -0.900. The molecule has 0 aliphatic rings. The molecular formula is C17H15N3O7S. The van der Waals surface area contributed by atoms with Crippen molar-refractivity contribution in [2.24, 2.45) is 0 Å². The number of hydrogen-bond donors (Lipinski definition) is 1. The van der Waals surface area contributed by atoms with Crippen molar-refractivity contribution in [2.75, 3.05) is 13.7 Å². The van der Waals surface area contributed by atoms with Crippen molar-refractivity contribution in [3.63, 3.8) is 0 Å². The molecule has 2 aromatic rings. The van der Waals surface area contributed by atoms with Gasteiger partial charge in [0.25, 0.3) is 17.3 Å². The van der Waals surface area contributed by atoms with Crippen molar-refractivity contribution in [3.05, 3.63) is 73.8 Å². The van der Waals surface area contributed by atoms with Crippen molar-refractivity contribution in [1.82, 2.24) is 5.32 Å². The minimum Gasteiger partial charge on any atom is -0.468 e. The molecule has 0 heterocycles. The van der Waals surface area contributed by atoms with Crippen LogP contribution >= 0.6 is 11.8 Å². The molecular weight excluding hydrogens is 390 g/mol. The van der Waals surface area contributed by atoms with E-state index >= 15 is 0 Å². The number of nitrogens with zero attached hydrogens (tertiary/aromatic N) is 2. The number of hydrogen-bond acceptors (Lipinski definition) is 8. The summed E-state index contributed by atoms with van der Waals surface area (Å²) in [6, 6.07) is 10.9. The summed E-state index contributed by atoms with van der Waals surface area (Å²) in [5.74, 6) is -1.31. The zero-order chi connectivity index (χ0) is 20.7. The maximum Gasteiger partial charge on any atom is 0.325 e. The van der Waals surface area contributed by atoms with E-state index in [-0.39, 0.29) is 10.5 Å². The lowest BCUT2D eigenvalue weighted by Gasteiger charge is -2.10. The number of methoxy groups -OCH3 is 1. The molecule has 0 atom stereocenters. The predicted octanol–water partition coefficient (Wildman–Crippen LogP) is 2.70. The van der Waals surface area contributed by atoms with Gasteiger partial charge in [-0.05, 0) is 5.56 Å². The van der Waals surface area contributed by atoms with Crippen LogP contribution in [0, 0.1) is 20.2 Å². The molecule has 0 fully saturated rings. The van der Waals surface area contributed by atoms with Crippen molar-refractivity contribution >= 4 is 35.0 Å². The van der Waals surface area contributed by atoms with E-state index in [0.717, 1.165) is 36.6 Å². The number of esters is 1. The van der Waals surface area contributed by atoms with Crippen LogP contribution in [-0.4, -0.2) is 35.4 Å². The molecule has 1 N–H and O–H groups in total. The van der Waals surface area contributed by atoms with Gasteiger partial charge in [0.2, 0.25) is 0 Å². The molecule has 2 aromatic carbocycles. The lowest BCUT2D eigenvalue weighted by Crippen LogP contribution is -2.31. The summed E-state index contributed by atoms with van der Waals surface area (Å²) < 4.78 is 4.42. The first-order chi connectivity index (χ1) is 13.3. The Morgan fingerprint density at radius 3 is 2.36 bits per heavy atom. The monoisotopic (exact) mass is 405 g/mol. The summed E-state index contributed by atoms with van der Waals surface area (Å²) in [4.78, 5) is 44.7. The van der Waals surface area contributed by atoms with Crippen LogP contribution in [0.3, 0.4) is 0 Å². The van der Waals surface area contributed by atoms with Crippen LogP contribution in [0.1, 0.15) is 15.9 Å². The molecule has 0 radical (unpaired) electrons. The Hall–Kier alpha value is -3.47. The lowest BCUT2D eigenvalue weighted by molar-refractivity contribution is -0.394. The Bertz CT molecular complexity index is 918. The molecule has 10 nitrogen and oxygen atoms in total. The minimum absolute atomic E-state index is 0.0621. The van der Waals surface area contributed by atoms with Gasteiger partial charge in [0.05, 0.1) is 23.0 Å². The molecule has 2 rings (SSSR count). The van der Waals surface area contributed by atoms with Crippen LogP contribution in [0.15, 0.2) is 47.4 Å². The third kappa shape index (κ3) is 5.27. The molecule has 11 heteroatoms. The number of thioether (sulfide) groups is 1. The number of carbonyl (C=O) groups is 2. The van der Waals surface area contributed by atoms with E-state index in [1.165, 1.54) is 0 Å². The van der Waals surface area contributed by atoms with Crippen molar-refractivity contribution < 1.29 is 24.2 Å². The van der Waals surface area contributed by atoms with Crippen LogP contribution in [0.5, 0.6) is 0 Å². The highest BCUT2D eigenvalue weighted by Crippen LogP contribution is 2.36. The van der Waals surface area contributed by atoms with E-state index in [4.69, 9.17) is 0 Å². The van der Waals surface area contributed by atoms with Gasteiger partial charge < -0.3 is 10.1 Å². The number of carbonyl (C=O) groups excluding carboxylic acids is 2. The highest BCUT2D eigenvalue weighted by Gasteiger charge is 2.29. The molecule has 0 spiro atoms. The van der Waals surface area contributed by atoms with Gasteiger partial charge in [0, 0.05) is 16.7 Å². The Kier molecular flexibility index (Phi) is 7.04. The SMILES string of the molecule is COC(=O)CNC(=O)c1c(SCc2ccccc2)cc([N+](=O)[O-])cc1[N+](=O)[O-]. The van der Waals surface area contributed by atoms with Gasteiger partial charge in [-0.1, -0.05) is 30.3 Å². The zero-order valence-corrected chi connectivity index (χ0v) is 15.4. The van der Waals surface area contributed by atoms with Gasteiger partial charge in [-0.2, -0.15) is 0 Å². The fourth-order valence-electron chi connectivity index (χ4n) is 2.23. The fourth-order valence-corrected chi connectivity index (χ4v) is 3.29. The Labute approximate surface area is 163 Å². The molecule has 0 unspecified atom stereocenters. The second-order valence-corrected chi connectivity index (χ2v) is 6.40. The van der Waals surface area contributed by atoms with Crippen LogP contribution in [-0.2, 0) is 15.3 Å². The highest BCUT2D eigenvalue weighted by molar-refractivity contribution is 7.98. The summed E-state index contributed by atoms with van der Waals surface area (Å²) in [6.45, 7) is -0.494. The Balaban J connectivity index is 2.45. The second kappa shape index (κ2) is 9.46. The number of nitro benzene ring substituents is 2. The first-order valence-electron chi connectivity index (χ1n) is 7.82. The summed E-state index contributed by atoms with van der Waals surface area (Å²) >= 11 is 1.05. The van der Waals surface area contributed by atoms with Gasteiger partial charge in [0.1, 0.15) is 12.1 Å². The highest BCUT2D eigenvalue weighted by atomic mass is 32.2. The van der Waals surface area contributed by atoms with Crippen LogP contribution in [0.25, 0.3) is 0 Å².